The Labute approximate surface area is 273 Å². The molecule has 4 aromatic heterocycles. The highest BCUT2D eigenvalue weighted by molar-refractivity contribution is 7.70. The quantitative estimate of drug-likeness (QED) is 0.217. The lowest BCUT2D eigenvalue weighted by atomic mass is 9.93. The predicted octanol–water partition coefficient (Wildman–Crippen LogP) is 4.33. The number of hydrogen-bond acceptors (Lipinski definition) is 11. The topological polar surface area (TPSA) is 128 Å². The van der Waals surface area contributed by atoms with E-state index in [-0.39, 0.29) is 0 Å². The molecule has 246 valence electrons. The minimum atomic E-state index is -2.71. The number of methoxy groups -OCH3 is 1. The predicted molar refractivity (Wildman–Crippen MR) is 186 cm³/mol. The van der Waals surface area contributed by atoms with Gasteiger partial charge in [-0.25, -0.2) is 4.98 Å². The van der Waals surface area contributed by atoms with Gasteiger partial charge in [0.25, 0.3) is 0 Å². The van der Waals surface area contributed by atoms with E-state index in [4.69, 9.17) is 19.4 Å². The molecule has 8 rings (SSSR count). The van der Waals surface area contributed by atoms with Crippen LogP contribution in [0.5, 0.6) is 11.5 Å². The minimum absolute atomic E-state index is 0.337. The number of ether oxygens (including phenoxy) is 2. The van der Waals surface area contributed by atoms with Crippen LogP contribution in [0.1, 0.15) is 12.8 Å². The van der Waals surface area contributed by atoms with E-state index in [9.17, 15) is 4.57 Å². The van der Waals surface area contributed by atoms with Crippen molar-refractivity contribution in [2.45, 2.75) is 24.9 Å². The summed E-state index contributed by atoms with van der Waals surface area (Å²) in [5.74, 6) is 2.45. The molecular weight excluding hydrogens is 615 g/mol. The van der Waals surface area contributed by atoms with Crippen molar-refractivity contribution >= 4 is 58.0 Å². The molecule has 0 unspecified atom stereocenters. The van der Waals surface area contributed by atoms with Gasteiger partial charge >= 0.3 is 0 Å². The Balaban J connectivity index is 1.07. The Morgan fingerprint density at radius 2 is 1.87 bits per heavy atom. The summed E-state index contributed by atoms with van der Waals surface area (Å²) < 4.78 is 27.6. The molecule has 7 heterocycles. The van der Waals surface area contributed by atoms with Crippen LogP contribution < -0.4 is 30.3 Å². The molecule has 13 nitrogen and oxygen atoms in total. The van der Waals surface area contributed by atoms with Gasteiger partial charge < -0.3 is 43.9 Å². The van der Waals surface area contributed by atoms with Crippen LogP contribution >= 0.6 is 7.14 Å². The third-order valence-electron chi connectivity index (χ3n) is 9.76. The number of likely N-dealkylation sites (N-methyl/N-ethyl adjacent to an activating group) is 1. The first-order chi connectivity index (χ1) is 22.7. The van der Waals surface area contributed by atoms with Crippen LogP contribution in [-0.4, -0.2) is 113 Å². The average Bonchev–Trinajstić information content (AvgIpc) is 3.74. The fourth-order valence-electron chi connectivity index (χ4n) is 7.31. The number of nitrogens with zero attached hydrogens (tertiary/aromatic N) is 7. The summed E-state index contributed by atoms with van der Waals surface area (Å²) in [5, 5.41) is 8.31. The molecule has 0 saturated carbocycles. The Hall–Kier alpha value is -4.32. The van der Waals surface area contributed by atoms with Gasteiger partial charge in [0.2, 0.25) is 5.95 Å². The summed E-state index contributed by atoms with van der Waals surface area (Å²) in [6.45, 7) is 9.70. The molecule has 1 aromatic carbocycles. The highest BCUT2D eigenvalue weighted by Gasteiger charge is 2.37. The number of anilines is 5. The molecule has 0 aliphatic carbocycles. The zero-order chi connectivity index (χ0) is 32.3. The van der Waals surface area contributed by atoms with Gasteiger partial charge in [0, 0.05) is 75.7 Å². The second-order valence-corrected chi connectivity index (χ2v) is 16.3. The molecule has 0 bridgehead atoms. The molecule has 0 radical (unpaired) electrons. The molecular formula is C33H41N10O3P. The van der Waals surface area contributed by atoms with Crippen molar-refractivity contribution in [1.82, 2.24) is 34.1 Å². The number of nitrogens with one attached hydrogen (secondary N) is 3. The maximum Gasteiger partial charge on any atom is 0.231 e. The summed E-state index contributed by atoms with van der Waals surface area (Å²) in [4.78, 5) is 24.9. The molecule has 5 aromatic rings. The van der Waals surface area contributed by atoms with E-state index in [1.165, 1.54) is 0 Å². The summed E-state index contributed by atoms with van der Waals surface area (Å²) in [7, 11) is 1.17. The Morgan fingerprint density at radius 1 is 1.02 bits per heavy atom. The Kier molecular flexibility index (Phi) is 7.50. The number of hydrogen-bond donors (Lipinski definition) is 3. The summed E-state index contributed by atoms with van der Waals surface area (Å²) >= 11 is 0. The number of aromatic amines is 1. The number of piperidine rings is 1. The van der Waals surface area contributed by atoms with Crippen LogP contribution in [0.2, 0.25) is 0 Å². The van der Waals surface area contributed by atoms with Crippen LogP contribution in [-0.2, 0) is 4.57 Å². The van der Waals surface area contributed by atoms with Crippen molar-refractivity contribution < 1.29 is 14.0 Å². The van der Waals surface area contributed by atoms with Crippen molar-refractivity contribution in [1.29, 1.82) is 0 Å². The van der Waals surface area contributed by atoms with E-state index in [0.717, 1.165) is 62.4 Å². The first kappa shape index (κ1) is 30.0. The second kappa shape index (κ2) is 11.7. The number of pyridine rings is 1. The molecule has 2 saturated heterocycles. The lowest BCUT2D eigenvalue weighted by Gasteiger charge is -2.48. The molecule has 2 fully saturated rings. The highest BCUT2D eigenvalue weighted by atomic mass is 31.2. The standard InChI is InChI=1S/C33H41N10O3P/c1-40-13-15-41(16-14-40)21-6-11-43-22(17-21)20-46-28-18-25(27(45-2)19-26(28)43)37-33-38-30-23(5-8-34-30)31(39-33)36-24-7-10-42-12-9-35-32(42)29(24)47(3,4)44/h5,7-10,12,18-19,21-22H,6,11,13-17,20H2,1-4H3,(H3,34,36,37,38,39)/t21-,22+/m0/s1. The summed E-state index contributed by atoms with van der Waals surface area (Å²) in [6, 6.07) is 8.81. The van der Waals surface area contributed by atoms with Gasteiger partial charge in [0.05, 0.1) is 40.9 Å². The van der Waals surface area contributed by atoms with Gasteiger partial charge in [0.15, 0.2) is 0 Å². The van der Waals surface area contributed by atoms with Crippen molar-refractivity contribution in [3.05, 3.63) is 49.1 Å². The lowest BCUT2D eigenvalue weighted by molar-refractivity contribution is 0.0822. The van der Waals surface area contributed by atoms with Crippen molar-refractivity contribution in [2.24, 2.45) is 0 Å². The molecule has 47 heavy (non-hydrogen) atoms. The van der Waals surface area contributed by atoms with Crippen LogP contribution in [0.25, 0.3) is 16.7 Å². The maximum absolute atomic E-state index is 13.5. The zero-order valence-corrected chi connectivity index (χ0v) is 28.1. The van der Waals surface area contributed by atoms with Crippen molar-refractivity contribution in [2.75, 3.05) is 82.4 Å². The average molecular weight is 657 g/mol. The maximum atomic E-state index is 13.5. The first-order valence-corrected chi connectivity index (χ1v) is 18.8. The lowest BCUT2D eigenvalue weighted by Crippen LogP contribution is -2.57. The number of aromatic nitrogens is 5. The summed E-state index contributed by atoms with van der Waals surface area (Å²) in [6.07, 6.45) is 9.53. The highest BCUT2D eigenvalue weighted by Crippen LogP contribution is 2.45. The Bertz CT molecular complexity index is 2000. The van der Waals surface area contributed by atoms with Crippen molar-refractivity contribution in [3.8, 4) is 11.5 Å². The SMILES string of the molecule is COc1cc2c(cc1Nc1nc(Nc3ccn4ccnc4c3P(C)(C)=O)c3cc[nH]c3n1)OC[C@H]1C[C@@H](N3CCN(C)CC3)CCN21. The first-order valence-electron chi connectivity index (χ1n) is 16.2. The van der Waals surface area contributed by atoms with Gasteiger partial charge in [0.1, 0.15) is 42.4 Å². The van der Waals surface area contributed by atoms with E-state index in [1.807, 2.05) is 41.2 Å². The smallest absolute Gasteiger partial charge is 0.231 e. The van der Waals surface area contributed by atoms with Gasteiger partial charge in [-0.15, -0.1) is 0 Å². The zero-order valence-electron chi connectivity index (χ0n) is 27.2. The fraction of sp³-hybridized carbons (Fsp3) is 0.424. The molecule has 14 heteroatoms. The van der Waals surface area contributed by atoms with Crippen LogP contribution in [0.4, 0.5) is 28.8 Å². The normalized spacial score (nSPS) is 20.6. The molecule has 3 N–H and O–H groups in total. The Morgan fingerprint density at radius 3 is 2.68 bits per heavy atom. The molecule has 2 atom stereocenters. The van der Waals surface area contributed by atoms with E-state index in [0.29, 0.717) is 64.2 Å². The van der Waals surface area contributed by atoms with E-state index in [2.05, 4.69) is 48.4 Å². The van der Waals surface area contributed by atoms with Gasteiger partial charge in [-0.05, 0) is 45.4 Å². The molecule has 0 amide bonds. The largest absolute Gasteiger partial charge is 0.494 e. The van der Waals surface area contributed by atoms with Crippen LogP contribution in [0.15, 0.2) is 49.1 Å². The number of fused-ring (bicyclic) bond motifs is 5. The fourth-order valence-corrected chi connectivity index (χ4v) is 8.67. The van der Waals surface area contributed by atoms with Crippen LogP contribution in [0, 0.1) is 0 Å². The summed E-state index contributed by atoms with van der Waals surface area (Å²) in [5.41, 5.74) is 3.78. The number of piperazine rings is 1. The number of rotatable bonds is 7. The minimum Gasteiger partial charge on any atom is -0.494 e. The number of H-pyrrole nitrogens is 1. The number of benzene rings is 1. The van der Waals surface area contributed by atoms with E-state index < -0.39 is 7.14 Å². The van der Waals surface area contributed by atoms with Gasteiger partial charge in [-0.3, -0.25) is 4.90 Å². The molecule has 0 spiro atoms. The van der Waals surface area contributed by atoms with Crippen LogP contribution in [0.3, 0.4) is 0 Å². The van der Waals surface area contributed by atoms with E-state index >= 15 is 0 Å². The molecule has 3 aliphatic rings. The molecule has 3 aliphatic heterocycles. The number of imidazole rings is 1. The van der Waals surface area contributed by atoms with Gasteiger partial charge in [-0.1, -0.05) is 0 Å². The third-order valence-corrected chi connectivity index (χ3v) is 11.3. The monoisotopic (exact) mass is 656 g/mol. The van der Waals surface area contributed by atoms with E-state index in [1.54, 1.807) is 26.6 Å². The third kappa shape index (κ3) is 5.56. The van der Waals surface area contributed by atoms with Crippen molar-refractivity contribution in [3.63, 3.8) is 0 Å². The second-order valence-electron chi connectivity index (χ2n) is 13.2. The van der Waals surface area contributed by atoms with Gasteiger partial charge in [-0.2, -0.15) is 9.97 Å².